The molecule has 2 aromatic heterocycles. The number of piperidine rings is 1. The number of sulfonamides is 1. The van der Waals surface area contributed by atoms with E-state index in [1.165, 1.54) is 44.6 Å². The second-order valence-electron chi connectivity index (χ2n) is 21.9. The number of pyridine rings is 1. The van der Waals surface area contributed by atoms with Crippen LogP contribution in [0.25, 0.3) is 11.0 Å². The molecule has 3 aromatic carbocycles. The first-order chi connectivity index (χ1) is 35.0. The van der Waals surface area contributed by atoms with E-state index in [0.29, 0.717) is 72.9 Å². The number of hydrogen-bond donors (Lipinski definition) is 4. The number of nitro benzene ring substituents is 1. The monoisotopic (exact) mass is 998 g/mol. The maximum Gasteiger partial charge on any atom is 0.297 e. The van der Waals surface area contributed by atoms with Crippen molar-refractivity contribution < 1.29 is 37.5 Å². The van der Waals surface area contributed by atoms with Crippen LogP contribution in [0, 0.1) is 21.4 Å². The summed E-state index contributed by atoms with van der Waals surface area (Å²) in [4.78, 5) is 41.5. The Kier molecular flexibility index (Phi) is 11.4. The van der Waals surface area contributed by atoms with E-state index in [0.717, 1.165) is 68.4 Å². The third kappa shape index (κ3) is 8.22. The van der Waals surface area contributed by atoms with Crippen LogP contribution in [0.5, 0.6) is 11.6 Å². The Morgan fingerprint density at radius 3 is 2.50 bits per heavy atom. The van der Waals surface area contributed by atoms with Gasteiger partial charge in [0, 0.05) is 61.0 Å². The number of aliphatic hydroxyl groups is 1. The van der Waals surface area contributed by atoms with Crippen molar-refractivity contribution in [1.29, 1.82) is 0 Å². The van der Waals surface area contributed by atoms with Crippen LogP contribution in [0.4, 0.5) is 28.4 Å². The first kappa shape index (κ1) is 45.9. The summed E-state index contributed by atoms with van der Waals surface area (Å²) in [5, 5.41) is 26.7. The smallest absolute Gasteiger partial charge is 0.297 e. The number of rotatable bonds is 10. The molecule has 4 N–H and O–H groups in total. The Hall–Kier alpha value is -5.95. The highest BCUT2D eigenvalue weighted by Gasteiger charge is 2.51. The number of nitrogens with zero attached hydrogens (tertiary/aromatic N) is 5. The molecule has 7 heterocycles. The van der Waals surface area contributed by atoms with Crippen molar-refractivity contribution in [2.75, 3.05) is 54.6 Å². The van der Waals surface area contributed by atoms with Gasteiger partial charge in [-0.05, 0) is 142 Å². The summed E-state index contributed by atoms with van der Waals surface area (Å²) in [6.45, 7) is 3.81. The van der Waals surface area contributed by atoms with E-state index in [1.54, 1.807) is 17.2 Å². The van der Waals surface area contributed by atoms with E-state index in [4.69, 9.17) is 19.2 Å². The molecule has 1 amide bonds. The highest BCUT2D eigenvalue weighted by molar-refractivity contribution is 7.90. The Morgan fingerprint density at radius 1 is 0.903 bits per heavy atom. The van der Waals surface area contributed by atoms with Gasteiger partial charge in [-0.15, -0.1) is 0 Å². The predicted octanol–water partition coefficient (Wildman–Crippen LogP) is 8.47. The lowest BCUT2D eigenvalue weighted by Crippen LogP contribution is -2.55. The first-order valence-corrected chi connectivity index (χ1v) is 27.7. The topological polar surface area (TPSA) is 205 Å². The summed E-state index contributed by atoms with van der Waals surface area (Å²) in [5.41, 5.74) is 5.81. The maximum absolute atomic E-state index is 14.8. The number of hydrogen-bond acceptors (Lipinski definition) is 14. The molecule has 5 aromatic rings. The lowest BCUT2D eigenvalue weighted by atomic mass is 9.59. The fourth-order valence-corrected chi connectivity index (χ4v) is 14.5. The van der Waals surface area contributed by atoms with Crippen molar-refractivity contribution in [2.45, 2.75) is 131 Å². The number of nitro groups is 1. The van der Waals surface area contributed by atoms with E-state index < -0.39 is 31.4 Å². The highest BCUT2D eigenvalue weighted by atomic mass is 32.2. The zero-order chi connectivity index (χ0) is 48.9. The minimum absolute atomic E-state index is 0.0154. The Bertz CT molecular complexity index is 3050. The summed E-state index contributed by atoms with van der Waals surface area (Å²) < 4.78 is 49.7. The normalized spacial score (nSPS) is 27.2. The Balaban J connectivity index is 0.790. The third-order valence-corrected chi connectivity index (χ3v) is 18.9. The van der Waals surface area contributed by atoms with Gasteiger partial charge >= 0.3 is 0 Å². The van der Waals surface area contributed by atoms with Crippen molar-refractivity contribution in [1.82, 2.24) is 19.6 Å². The van der Waals surface area contributed by atoms with Crippen molar-refractivity contribution in [2.24, 2.45) is 11.3 Å². The average molecular weight is 999 g/mol. The lowest BCUT2D eigenvalue weighted by molar-refractivity contribution is -0.384. The van der Waals surface area contributed by atoms with Crippen LogP contribution < -0.4 is 29.3 Å². The molecule has 3 saturated heterocycles. The van der Waals surface area contributed by atoms with Crippen LogP contribution in [0.1, 0.15) is 117 Å². The van der Waals surface area contributed by atoms with Gasteiger partial charge in [0.25, 0.3) is 21.6 Å². The van der Waals surface area contributed by atoms with Crippen LogP contribution in [0.2, 0.25) is 0 Å². The molecule has 0 bridgehead atoms. The number of ether oxygens (including phenoxy) is 3. The van der Waals surface area contributed by atoms with Gasteiger partial charge in [0.2, 0.25) is 5.88 Å². The fourth-order valence-electron chi connectivity index (χ4n) is 13.5. The van der Waals surface area contributed by atoms with Gasteiger partial charge in [-0.25, -0.2) is 13.1 Å². The quantitative estimate of drug-likeness (QED) is 0.0766. The van der Waals surface area contributed by atoms with Crippen LogP contribution in [0.3, 0.4) is 0 Å². The number of aromatic amines is 1. The summed E-state index contributed by atoms with van der Waals surface area (Å²) in [6, 6.07) is 21.3. The molecule has 6 fully saturated rings. The fraction of sp³-hybridized carbons (Fsp3) is 0.519. The van der Waals surface area contributed by atoms with E-state index >= 15 is 0 Å². The molecule has 5 aliphatic heterocycles. The lowest BCUT2D eigenvalue weighted by Gasteiger charge is -2.56. The minimum atomic E-state index is -4.70. The molecular formula is C54H62N8O9S. The first-order valence-electron chi connectivity index (χ1n) is 26.2. The van der Waals surface area contributed by atoms with Crippen molar-refractivity contribution in [3.05, 3.63) is 99.7 Å². The molecule has 8 aliphatic rings. The van der Waals surface area contributed by atoms with E-state index in [-0.39, 0.29) is 53.8 Å². The largest absolute Gasteiger partial charge is 0.489 e. The second-order valence-corrected chi connectivity index (χ2v) is 23.6. The summed E-state index contributed by atoms with van der Waals surface area (Å²) >= 11 is 0. The molecule has 17 nitrogen and oxygen atoms in total. The molecule has 0 radical (unpaired) electrons. The summed E-state index contributed by atoms with van der Waals surface area (Å²) in [5.74, 6) is 0.370. The highest BCUT2D eigenvalue weighted by Crippen LogP contribution is 2.56. The Labute approximate surface area is 418 Å². The number of anilines is 4. The number of H-pyrrole nitrogens is 1. The molecule has 0 unspecified atom stereocenters. The number of aliphatic hydroxyl groups excluding tert-OH is 1. The molecule has 4 atom stereocenters. The van der Waals surface area contributed by atoms with E-state index in [9.17, 15) is 28.4 Å². The van der Waals surface area contributed by atoms with Gasteiger partial charge in [0.05, 0.1) is 52.5 Å². The van der Waals surface area contributed by atoms with Crippen molar-refractivity contribution in [3.8, 4) is 11.6 Å². The van der Waals surface area contributed by atoms with Gasteiger partial charge in [-0.2, -0.15) is 4.98 Å². The standard InChI is InChI=1S/C54H62N8O9S/c63-37-12-9-33(10-13-37)42-30-70-49-27-38(26-45(62(65)66)50(49)56-42)72(67,68)58-52(64)41-14-11-35(25-44(41)61-46-24-34-15-19-55-51(34)57-53(46)71-48-16-23-69-31-47(48)61)59-21-17-54(18-22-59)28-36(29-54)60-20-3-6-43(60)40-5-2-1-4-39(40)32-7-8-32/h1-2,4-5,11,14-15,19,24-27,32-33,36-37,42-43,47-48,56,63H,3,6-10,12-13,16-18,20-23,28-31H2,(H,55,57)(H,58,64)/t33?,37?,42-,43-,47-,48-/m0/s1. The van der Waals surface area contributed by atoms with Crippen LogP contribution in [-0.2, 0) is 14.8 Å². The molecule has 72 heavy (non-hydrogen) atoms. The molecule has 13 rings (SSSR count). The molecule has 1 spiro atoms. The maximum atomic E-state index is 14.8. The molecule has 3 aliphatic carbocycles. The van der Waals surface area contributed by atoms with Gasteiger partial charge < -0.3 is 39.4 Å². The van der Waals surface area contributed by atoms with Gasteiger partial charge in [-0.3, -0.25) is 19.8 Å². The zero-order valence-corrected chi connectivity index (χ0v) is 41.2. The third-order valence-electron chi connectivity index (χ3n) is 17.6. The predicted molar refractivity (Wildman–Crippen MR) is 271 cm³/mol. The van der Waals surface area contributed by atoms with Gasteiger partial charge in [-0.1, -0.05) is 24.3 Å². The average Bonchev–Trinajstić information content (AvgIpc) is 3.94. The number of benzene rings is 3. The van der Waals surface area contributed by atoms with Crippen LogP contribution in [0.15, 0.2) is 77.8 Å². The van der Waals surface area contributed by atoms with E-state index in [2.05, 4.69) is 49.1 Å². The zero-order valence-electron chi connectivity index (χ0n) is 40.3. The second kappa shape index (κ2) is 17.9. The van der Waals surface area contributed by atoms with E-state index in [1.807, 2.05) is 35.4 Å². The summed E-state index contributed by atoms with van der Waals surface area (Å²) in [6.07, 6.45) is 14.1. The number of fused-ring (bicyclic) bond motifs is 4. The van der Waals surface area contributed by atoms with Gasteiger partial charge in [0.1, 0.15) is 24.0 Å². The van der Waals surface area contributed by atoms with Crippen molar-refractivity contribution >= 4 is 55.4 Å². The molecular weight excluding hydrogens is 937 g/mol. The molecule has 3 saturated carbocycles. The minimum Gasteiger partial charge on any atom is -0.489 e. The Morgan fingerprint density at radius 2 is 1.71 bits per heavy atom. The number of carbonyl (C=O) groups is 1. The SMILES string of the molecule is O=C(NS(=O)(=O)c1cc2c(c([N+](=O)[O-])c1)N[C@H](C1CCC(O)CC1)CO2)c1ccc(N2CCC3(CC2)CC(N2CCC[C@H]2c2ccccc2C2CC2)C3)cc1N1c2cc3cc[nH]c3nc2O[C@H]2CCOC[C@@H]21. The molecule has 378 valence electrons. The van der Waals surface area contributed by atoms with Crippen LogP contribution >= 0.6 is 0 Å². The van der Waals surface area contributed by atoms with Gasteiger partial charge in [0.15, 0.2) is 11.4 Å². The summed E-state index contributed by atoms with van der Waals surface area (Å²) in [7, 11) is -4.70. The number of amides is 1. The van der Waals surface area contributed by atoms with Crippen LogP contribution in [-0.4, -0.2) is 109 Å². The number of likely N-dealkylation sites (tertiary alicyclic amines) is 1. The molecule has 18 heteroatoms. The number of carbonyl (C=O) groups excluding carboxylic acids is 1. The van der Waals surface area contributed by atoms with Crippen molar-refractivity contribution in [3.63, 3.8) is 0 Å². The number of nitrogens with one attached hydrogen (secondary N) is 3. The number of aromatic nitrogens is 2.